The fraction of sp³-hybridized carbons (Fsp3) is 1.00. The molecule has 6 heteroatoms. The van der Waals surface area contributed by atoms with E-state index in [1.54, 1.807) is 3.11 Å². The minimum Gasteiger partial charge on any atom is -0.378 e. The molecule has 2 unspecified atom stereocenters. The van der Waals surface area contributed by atoms with Gasteiger partial charge in [-0.2, -0.15) is 0 Å². The number of hydrogen-bond acceptors (Lipinski definition) is 3. The highest BCUT2D eigenvalue weighted by molar-refractivity contribution is 14.1. The first-order valence-corrected chi connectivity index (χ1v) is 4.97. The smallest absolute Gasteiger partial charge is 0.276 e. The largest absolute Gasteiger partial charge is 0.378 e. The summed E-state index contributed by atoms with van der Waals surface area (Å²) >= 11 is 2.01. The molecule has 0 bridgehead atoms. The maximum Gasteiger partial charge on any atom is 0.276 e. The standard InChI is InChI=1S/C7H13F2IN2O/c1-13-4-7(8,9)5-2-12(10)3-6(5)11/h5-6H,2-4,11H2,1H3. The van der Waals surface area contributed by atoms with E-state index in [9.17, 15) is 8.78 Å². The Balaban J connectivity index is 2.60. The van der Waals surface area contributed by atoms with E-state index >= 15 is 0 Å². The Bertz CT molecular complexity index is 182. The molecule has 0 saturated carbocycles. The molecule has 1 heterocycles. The van der Waals surface area contributed by atoms with Crippen LogP contribution in [0.25, 0.3) is 0 Å². The van der Waals surface area contributed by atoms with Crippen LogP contribution in [0.2, 0.25) is 0 Å². The summed E-state index contributed by atoms with van der Waals surface area (Å²) in [6.45, 7) is 0.304. The zero-order chi connectivity index (χ0) is 10.1. The molecule has 0 aromatic rings. The Hall–Kier alpha value is 0.470. The number of methoxy groups -OCH3 is 1. The number of hydrogen-bond donors (Lipinski definition) is 1. The molecule has 0 aromatic carbocycles. The highest BCUT2D eigenvalue weighted by atomic mass is 127. The van der Waals surface area contributed by atoms with Crippen LogP contribution in [0.4, 0.5) is 8.78 Å². The van der Waals surface area contributed by atoms with Gasteiger partial charge in [0.15, 0.2) is 0 Å². The average Bonchev–Trinajstić information content (AvgIpc) is 2.30. The van der Waals surface area contributed by atoms with Crippen LogP contribution in [0.1, 0.15) is 0 Å². The first kappa shape index (κ1) is 11.5. The Morgan fingerprint density at radius 3 is 2.62 bits per heavy atom. The first-order valence-electron chi connectivity index (χ1n) is 4.00. The molecule has 13 heavy (non-hydrogen) atoms. The molecule has 0 radical (unpaired) electrons. The van der Waals surface area contributed by atoms with E-state index in [1.165, 1.54) is 7.11 Å². The molecular formula is C7H13F2IN2O. The van der Waals surface area contributed by atoms with E-state index in [0.717, 1.165) is 0 Å². The van der Waals surface area contributed by atoms with Crippen LogP contribution in [-0.4, -0.2) is 41.9 Å². The third-order valence-corrected chi connectivity index (χ3v) is 2.99. The molecule has 1 fully saturated rings. The van der Waals surface area contributed by atoms with Crippen LogP contribution in [0.5, 0.6) is 0 Å². The topological polar surface area (TPSA) is 38.5 Å². The fourth-order valence-corrected chi connectivity index (χ4v) is 2.40. The van der Waals surface area contributed by atoms with Gasteiger partial charge in [-0.25, -0.2) is 11.9 Å². The Morgan fingerprint density at radius 1 is 1.62 bits per heavy atom. The van der Waals surface area contributed by atoms with Gasteiger partial charge in [0.1, 0.15) is 6.61 Å². The maximum atomic E-state index is 13.3. The van der Waals surface area contributed by atoms with Crippen molar-refractivity contribution in [2.45, 2.75) is 12.0 Å². The van der Waals surface area contributed by atoms with Gasteiger partial charge in [0.25, 0.3) is 5.92 Å². The molecule has 0 aliphatic carbocycles. The lowest BCUT2D eigenvalue weighted by Gasteiger charge is -2.24. The molecule has 2 atom stereocenters. The summed E-state index contributed by atoms with van der Waals surface area (Å²) in [6.07, 6.45) is 0. The summed E-state index contributed by atoms with van der Waals surface area (Å²) in [4.78, 5) is 0. The zero-order valence-electron chi connectivity index (χ0n) is 7.34. The lowest BCUT2D eigenvalue weighted by molar-refractivity contribution is -0.106. The summed E-state index contributed by atoms with van der Waals surface area (Å²) in [7, 11) is 1.27. The van der Waals surface area contributed by atoms with Crippen LogP contribution in [0.15, 0.2) is 0 Å². The molecule has 1 aliphatic rings. The number of ether oxygens (including phenoxy) is 1. The van der Waals surface area contributed by atoms with Crippen LogP contribution in [0, 0.1) is 5.92 Å². The second-order valence-corrected chi connectivity index (χ2v) is 4.66. The summed E-state index contributed by atoms with van der Waals surface area (Å²) < 4.78 is 32.9. The van der Waals surface area contributed by atoms with Gasteiger partial charge < -0.3 is 10.5 Å². The van der Waals surface area contributed by atoms with Crippen molar-refractivity contribution in [3.05, 3.63) is 0 Å². The van der Waals surface area contributed by atoms with Crippen LogP contribution >= 0.6 is 22.9 Å². The van der Waals surface area contributed by atoms with E-state index in [2.05, 4.69) is 4.74 Å². The molecule has 0 aromatic heterocycles. The summed E-state index contributed by atoms with van der Waals surface area (Å²) in [5.41, 5.74) is 5.60. The van der Waals surface area contributed by atoms with Gasteiger partial charge in [0, 0.05) is 49.1 Å². The van der Waals surface area contributed by atoms with Crippen molar-refractivity contribution in [3.8, 4) is 0 Å². The highest BCUT2D eigenvalue weighted by Gasteiger charge is 2.47. The van der Waals surface area contributed by atoms with Crippen molar-refractivity contribution in [2.24, 2.45) is 11.7 Å². The van der Waals surface area contributed by atoms with Crippen molar-refractivity contribution in [1.82, 2.24) is 3.11 Å². The maximum absolute atomic E-state index is 13.3. The molecule has 1 saturated heterocycles. The molecule has 2 N–H and O–H groups in total. The van der Waals surface area contributed by atoms with Gasteiger partial charge in [0.2, 0.25) is 0 Å². The quantitative estimate of drug-likeness (QED) is 0.621. The predicted molar refractivity (Wildman–Crippen MR) is 53.9 cm³/mol. The van der Waals surface area contributed by atoms with Gasteiger partial charge in [-0.05, 0) is 0 Å². The lowest BCUT2D eigenvalue weighted by atomic mass is 9.97. The molecule has 3 nitrogen and oxygen atoms in total. The van der Waals surface area contributed by atoms with Crippen molar-refractivity contribution >= 4 is 22.9 Å². The van der Waals surface area contributed by atoms with Crippen molar-refractivity contribution < 1.29 is 13.5 Å². The number of halogens is 3. The normalized spacial score (nSPS) is 31.2. The van der Waals surface area contributed by atoms with Crippen molar-refractivity contribution in [3.63, 3.8) is 0 Å². The number of nitrogens with two attached hydrogens (primary N) is 1. The predicted octanol–water partition coefficient (Wildman–Crippen LogP) is 0.877. The molecule has 78 valence electrons. The van der Waals surface area contributed by atoms with E-state index in [-0.39, 0.29) is 0 Å². The van der Waals surface area contributed by atoms with Crippen molar-refractivity contribution in [1.29, 1.82) is 0 Å². The minimum absolute atomic E-state index is 0.331. The average molecular weight is 306 g/mol. The molecule has 1 aliphatic heterocycles. The van der Waals surface area contributed by atoms with Gasteiger partial charge in [-0.1, -0.05) is 0 Å². The third-order valence-electron chi connectivity index (χ3n) is 2.20. The Kier molecular flexibility index (Phi) is 3.84. The van der Waals surface area contributed by atoms with Gasteiger partial charge in [-0.15, -0.1) is 0 Å². The van der Waals surface area contributed by atoms with E-state index < -0.39 is 24.5 Å². The van der Waals surface area contributed by atoms with Crippen LogP contribution in [0.3, 0.4) is 0 Å². The number of alkyl halides is 2. The second-order valence-electron chi connectivity index (χ2n) is 3.29. The summed E-state index contributed by atoms with van der Waals surface area (Å²) in [5, 5.41) is 0. The first-order chi connectivity index (χ1) is 5.97. The number of nitrogens with zero attached hydrogens (tertiary/aromatic N) is 1. The minimum atomic E-state index is -2.81. The molecule has 0 amide bonds. The Morgan fingerprint density at radius 2 is 2.23 bits per heavy atom. The SMILES string of the molecule is COCC(F)(F)C1CN(I)CC1N. The zero-order valence-corrected chi connectivity index (χ0v) is 9.50. The second kappa shape index (κ2) is 4.33. The third kappa shape index (κ3) is 2.71. The summed E-state index contributed by atoms with van der Waals surface area (Å²) in [6, 6.07) is -0.456. The molecular weight excluding hydrogens is 293 g/mol. The van der Waals surface area contributed by atoms with E-state index in [1.807, 2.05) is 22.9 Å². The van der Waals surface area contributed by atoms with Gasteiger partial charge in [-0.3, -0.25) is 0 Å². The lowest BCUT2D eigenvalue weighted by Crippen LogP contribution is -2.43. The van der Waals surface area contributed by atoms with Crippen LogP contribution in [-0.2, 0) is 4.74 Å². The van der Waals surface area contributed by atoms with Gasteiger partial charge in [0.05, 0.1) is 5.92 Å². The van der Waals surface area contributed by atoms with Crippen molar-refractivity contribution in [2.75, 3.05) is 26.8 Å². The molecule has 1 rings (SSSR count). The van der Waals surface area contributed by atoms with Crippen LogP contribution < -0.4 is 5.73 Å². The number of rotatable bonds is 3. The van der Waals surface area contributed by atoms with E-state index in [4.69, 9.17) is 5.73 Å². The highest BCUT2D eigenvalue weighted by Crippen LogP contribution is 2.33. The van der Waals surface area contributed by atoms with Gasteiger partial charge >= 0.3 is 0 Å². The molecule has 0 spiro atoms. The Labute approximate surface area is 90.1 Å². The monoisotopic (exact) mass is 306 g/mol. The van der Waals surface area contributed by atoms with E-state index in [0.29, 0.717) is 13.1 Å². The summed E-state index contributed by atoms with van der Waals surface area (Å²) in [5.74, 6) is -3.60. The fourth-order valence-electron chi connectivity index (χ4n) is 1.53.